The van der Waals surface area contributed by atoms with Gasteiger partial charge in [-0.25, -0.2) is 0 Å². The van der Waals surface area contributed by atoms with Crippen molar-refractivity contribution in [2.45, 2.75) is 11.8 Å². The molecule has 1 amide bonds. The van der Waals surface area contributed by atoms with Gasteiger partial charge in [0.2, 0.25) is 5.91 Å². The topological polar surface area (TPSA) is 41.6 Å². The Balaban J connectivity index is 1.96. The SMILES string of the molecule is CNCC1(c2ccc3c(c2)CC(=O)N3C)COC1. The highest BCUT2D eigenvalue weighted by Gasteiger charge is 2.40. The molecule has 2 aliphatic rings. The van der Waals surface area contributed by atoms with Crippen molar-refractivity contribution in [3.63, 3.8) is 0 Å². The molecular formula is C14H18N2O2. The number of rotatable bonds is 3. The fourth-order valence-corrected chi connectivity index (χ4v) is 2.86. The van der Waals surface area contributed by atoms with E-state index < -0.39 is 0 Å². The molecule has 0 aromatic heterocycles. The van der Waals surface area contributed by atoms with Crippen LogP contribution in [0.15, 0.2) is 18.2 Å². The molecule has 0 atom stereocenters. The third-order valence-corrected chi connectivity index (χ3v) is 4.04. The van der Waals surface area contributed by atoms with Crippen LogP contribution in [0.25, 0.3) is 0 Å². The Hall–Kier alpha value is -1.39. The first-order chi connectivity index (χ1) is 8.66. The van der Waals surface area contributed by atoms with E-state index in [2.05, 4.69) is 23.5 Å². The van der Waals surface area contributed by atoms with E-state index in [-0.39, 0.29) is 11.3 Å². The molecule has 1 saturated heterocycles. The van der Waals surface area contributed by atoms with Crippen molar-refractivity contribution in [3.05, 3.63) is 29.3 Å². The van der Waals surface area contributed by atoms with Gasteiger partial charge in [0.15, 0.2) is 0 Å². The van der Waals surface area contributed by atoms with Crippen molar-refractivity contribution < 1.29 is 9.53 Å². The van der Waals surface area contributed by atoms with Gasteiger partial charge in [-0.2, -0.15) is 0 Å². The molecule has 1 aromatic rings. The molecule has 0 unspecified atom stereocenters. The number of likely N-dealkylation sites (N-methyl/N-ethyl adjacent to an activating group) is 2. The smallest absolute Gasteiger partial charge is 0.231 e. The zero-order valence-corrected chi connectivity index (χ0v) is 10.8. The van der Waals surface area contributed by atoms with Gasteiger partial charge < -0.3 is 15.0 Å². The van der Waals surface area contributed by atoms with Crippen LogP contribution in [-0.2, 0) is 21.4 Å². The summed E-state index contributed by atoms with van der Waals surface area (Å²) in [5.41, 5.74) is 3.56. The number of nitrogens with zero attached hydrogens (tertiary/aromatic N) is 1. The van der Waals surface area contributed by atoms with E-state index in [0.717, 1.165) is 31.0 Å². The Morgan fingerprint density at radius 1 is 1.44 bits per heavy atom. The summed E-state index contributed by atoms with van der Waals surface area (Å²) in [6, 6.07) is 6.37. The summed E-state index contributed by atoms with van der Waals surface area (Å²) in [5.74, 6) is 0.176. The average Bonchev–Trinajstić information content (AvgIpc) is 2.59. The number of fused-ring (bicyclic) bond motifs is 1. The maximum atomic E-state index is 11.7. The number of hydrogen-bond donors (Lipinski definition) is 1. The number of nitrogens with one attached hydrogen (secondary N) is 1. The van der Waals surface area contributed by atoms with Crippen molar-refractivity contribution in [1.82, 2.24) is 5.32 Å². The lowest BCUT2D eigenvalue weighted by Crippen LogP contribution is -2.52. The van der Waals surface area contributed by atoms with Gasteiger partial charge in [0, 0.05) is 19.3 Å². The van der Waals surface area contributed by atoms with E-state index >= 15 is 0 Å². The molecule has 0 saturated carbocycles. The summed E-state index contributed by atoms with van der Waals surface area (Å²) in [7, 11) is 3.80. The first-order valence-corrected chi connectivity index (χ1v) is 6.29. The zero-order valence-electron chi connectivity index (χ0n) is 10.8. The lowest BCUT2D eigenvalue weighted by molar-refractivity contribution is -0.117. The molecular weight excluding hydrogens is 228 g/mol. The van der Waals surface area contributed by atoms with Crippen molar-refractivity contribution in [1.29, 1.82) is 0 Å². The molecule has 18 heavy (non-hydrogen) atoms. The van der Waals surface area contributed by atoms with Crippen LogP contribution in [0.2, 0.25) is 0 Å². The van der Waals surface area contributed by atoms with Gasteiger partial charge in [-0.15, -0.1) is 0 Å². The molecule has 0 bridgehead atoms. The van der Waals surface area contributed by atoms with E-state index in [1.807, 2.05) is 14.1 Å². The second-order valence-electron chi connectivity index (χ2n) is 5.28. The Bertz CT molecular complexity index is 495. The molecule has 0 aliphatic carbocycles. The highest BCUT2D eigenvalue weighted by molar-refractivity contribution is 6.00. The van der Waals surface area contributed by atoms with Crippen LogP contribution in [0, 0.1) is 0 Å². The van der Waals surface area contributed by atoms with Gasteiger partial charge in [-0.05, 0) is 24.2 Å². The van der Waals surface area contributed by atoms with E-state index in [4.69, 9.17) is 4.74 Å². The second kappa shape index (κ2) is 4.07. The fourth-order valence-electron chi connectivity index (χ4n) is 2.86. The Morgan fingerprint density at radius 2 is 2.22 bits per heavy atom. The van der Waals surface area contributed by atoms with Crippen LogP contribution >= 0.6 is 0 Å². The minimum atomic E-state index is 0.0913. The maximum absolute atomic E-state index is 11.7. The number of carbonyl (C=O) groups is 1. The average molecular weight is 246 g/mol. The first-order valence-electron chi connectivity index (χ1n) is 6.29. The Labute approximate surface area is 107 Å². The van der Waals surface area contributed by atoms with E-state index in [1.165, 1.54) is 5.56 Å². The number of hydrogen-bond acceptors (Lipinski definition) is 3. The number of anilines is 1. The molecule has 1 fully saturated rings. The quantitative estimate of drug-likeness (QED) is 0.853. The molecule has 2 heterocycles. The molecule has 4 nitrogen and oxygen atoms in total. The number of amides is 1. The van der Waals surface area contributed by atoms with Gasteiger partial charge >= 0.3 is 0 Å². The summed E-state index contributed by atoms with van der Waals surface area (Å²) < 4.78 is 5.39. The van der Waals surface area contributed by atoms with Gasteiger partial charge in [-0.1, -0.05) is 12.1 Å². The summed E-state index contributed by atoms with van der Waals surface area (Å²) >= 11 is 0. The van der Waals surface area contributed by atoms with E-state index in [9.17, 15) is 4.79 Å². The molecule has 1 N–H and O–H groups in total. The van der Waals surface area contributed by atoms with Gasteiger partial charge in [-0.3, -0.25) is 4.79 Å². The van der Waals surface area contributed by atoms with Crippen LogP contribution in [-0.4, -0.2) is 39.8 Å². The van der Waals surface area contributed by atoms with Crippen molar-refractivity contribution in [2.24, 2.45) is 0 Å². The molecule has 3 rings (SSSR count). The standard InChI is InChI=1S/C14H18N2O2/c1-15-7-14(8-18-9-14)11-3-4-12-10(5-11)6-13(17)16(12)2/h3-5,15H,6-9H2,1-2H3. The van der Waals surface area contributed by atoms with Gasteiger partial charge in [0.25, 0.3) is 0 Å². The van der Waals surface area contributed by atoms with Gasteiger partial charge in [0.1, 0.15) is 0 Å². The molecule has 4 heteroatoms. The minimum Gasteiger partial charge on any atom is -0.379 e. The van der Waals surface area contributed by atoms with Crippen LogP contribution in [0.5, 0.6) is 0 Å². The molecule has 0 radical (unpaired) electrons. The predicted molar refractivity (Wildman–Crippen MR) is 70.0 cm³/mol. The number of benzene rings is 1. The monoisotopic (exact) mass is 246 g/mol. The summed E-state index contributed by atoms with van der Waals surface area (Å²) in [6.45, 7) is 2.43. The molecule has 96 valence electrons. The maximum Gasteiger partial charge on any atom is 0.231 e. The summed E-state index contributed by atoms with van der Waals surface area (Å²) in [6.07, 6.45) is 0.524. The van der Waals surface area contributed by atoms with Crippen molar-refractivity contribution >= 4 is 11.6 Å². The number of carbonyl (C=O) groups excluding carboxylic acids is 1. The molecule has 1 aromatic carbocycles. The summed E-state index contributed by atoms with van der Waals surface area (Å²) in [5, 5.41) is 3.24. The Morgan fingerprint density at radius 3 is 2.83 bits per heavy atom. The second-order valence-corrected chi connectivity index (χ2v) is 5.28. The van der Waals surface area contributed by atoms with Gasteiger partial charge in [0.05, 0.1) is 25.0 Å². The normalized spacial score (nSPS) is 20.8. The minimum absolute atomic E-state index is 0.0913. The lowest BCUT2D eigenvalue weighted by atomic mass is 9.78. The van der Waals surface area contributed by atoms with Crippen molar-refractivity contribution in [3.8, 4) is 0 Å². The van der Waals surface area contributed by atoms with Crippen LogP contribution in [0.4, 0.5) is 5.69 Å². The predicted octanol–water partition coefficient (Wildman–Crippen LogP) is 0.693. The third-order valence-electron chi connectivity index (χ3n) is 4.04. The van der Waals surface area contributed by atoms with Crippen LogP contribution in [0.1, 0.15) is 11.1 Å². The lowest BCUT2D eigenvalue weighted by Gasteiger charge is -2.42. The van der Waals surface area contributed by atoms with Crippen LogP contribution < -0.4 is 10.2 Å². The molecule has 2 aliphatic heterocycles. The Kier molecular flexibility index (Phi) is 2.64. The van der Waals surface area contributed by atoms with E-state index in [0.29, 0.717) is 6.42 Å². The fraction of sp³-hybridized carbons (Fsp3) is 0.500. The first kappa shape index (κ1) is 11.7. The van der Waals surface area contributed by atoms with E-state index in [1.54, 1.807) is 4.90 Å². The summed E-state index contributed by atoms with van der Waals surface area (Å²) in [4.78, 5) is 13.4. The highest BCUT2D eigenvalue weighted by atomic mass is 16.5. The third kappa shape index (κ3) is 1.56. The van der Waals surface area contributed by atoms with Crippen LogP contribution in [0.3, 0.4) is 0 Å². The zero-order chi connectivity index (χ0) is 12.8. The highest BCUT2D eigenvalue weighted by Crippen LogP contribution is 2.36. The largest absolute Gasteiger partial charge is 0.379 e. The van der Waals surface area contributed by atoms with Crippen molar-refractivity contribution in [2.75, 3.05) is 38.8 Å². The number of ether oxygens (including phenoxy) is 1. The molecule has 0 spiro atoms.